The lowest BCUT2D eigenvalue weighted by Crippen LogP contribution is -2.56. The third-order valence-corrected chi connectivity index (χ3v) is 19.4. The molecule has 7 rings (SSSR count). The Bertz CT molecular complexity index is 1300. The molecule has 5 aliphatic rings. The van der Waals surface area contributed by atoms with Crippen molar-refractivity contribution < 1.29 is 0 Å². The van der Waals surface area contributed by atoms with Crippen LogP contribution in [0.15, 0.2) is 70.6 Å². The highest BCUT2D eigenvalue weighted by atomic mass is 31.1. The molecule has 4 saturated carbocycles. The van der Waals surface area contributed by atoms with Gasteiger partial charge >= 0.3 is 0 Å². The Kier molecular flexibility index (Phi) is 8.10. The topological polar surface area (TPSA) is 0 Å². The van der Waals surface area contributed by atoms with Gasteiger partial charge in [0, 0.05) is 11.3 Å². The van der Waals surface area contributed by atoms with Crippen LogP contribution in [0.5, 0.6) is 0 Å². The molecule has 0 amide bonds. The van der Waals surface area contributed by atoms with Crippen molar-refractivity contribution in [2.45, 2.75) is 85.2 Å². The Hall–Kier alpha value is -0.786. The van der Waals surface area contributed by atoms with E-state index in [0.717, 1.165) is 23.7 Å². The van der Waals surface area contributed by atoms with Crippen LogP contribution in [0.4, 0.5) is 0 Å². The standard InChI is InChI=1S/C37H54P2Si2/c1-25-13-9-11-15-32(25)39(33-16-12-10-14-26(33)2)23-29-22-34(40(3,4)5)36(41(6,7)8)35(29)37(24-38)30-18-27-17-28(20-30)21-31(37)19-27/h9-16,22,27-31H,17-21,23-24,38H2,1-8H3. The van der Waals surface area contributed by atoms with Gasteiger partial charge in [0.05, 0.1) is 16.1 Å². The molecular formula is C37H54P2Si2. The normalized spacial score (nSPS) is 31.4. The third-order valence-electron chi connectivity index (χ3n) is 11.5. The molecule has 0 radical (unpaired) electrons. The Morgan fingerprint density at radius 3 is 1.63 bits per heavy atom. The van der Waals surface area contributed by atoms with Gasteiger partial charge < -0.3 is 0 Å². The van der Waals surface area contributed by atoms with E-state index in [1.807, 2.05) is 16.0 Å². The van der Waals surface area contributed by atoms with Gasteiger partial charge in [0.15, 0.2) is 0 Å². The second kappa shape index (κ2) is 11.0. The van der Waals surface area contributed by atoms with E-state index in [9.17, 15) is 0 Å². The Balaban J connectivity index is 1.56. The molecule has 0 nitrogen and oxygen atoms in total. The van der Waals surface area contributed by atoms with Crippen LogP contribution in [0.3, 0.4) is 0 Å². The van der Waals surface area contributed by atoms with E-state index in [4.69, 9.17) is 0 Å². The monoisotopic (exact) mass is 616 g/mol. The zero-order valence-electron chi connectivity index (χ0n) is 27.1. The number of hydrogen-bond donors (Lipinski definition) is 0. The number of aryl methyl sites for hydroxylation is 2. The second-order valence-electron chi connectivity index (χ2n) is 16.2. The highest BCUT2D eigenvalue weighted by molar-refractivity contribution is 7.73. The van der Waals surface area contributed by atoms with Gasteiger partial charge in [0.2, 0.25) is 0 Å². The minimum atomic E-state index is -1.59. The van der Waals surface area contributed by atoms with Crippen LogP contribution in [0.1, 0.15) is 43.2 Å². The fraction of sp³-hybridized carbons (Fsp3) is 0.568. The third kappa shape index (κ3) is 5.20. The summed E-state index contributed by atoms with van der Waals surface area (Å²) in [6.07, 6.45) is 13.0. The van der Waals surface area contributed by atoms with E-state index < -0.39 is 24.1 Å². The molecule has 0 spiro atoms. The smallest absolute Gasteiger partial charge is 0.0774 e. The SMILES string of the molecule is Cc1ccccc1P(CC1C=C([Si](C)(C)C)C([Si](C)(C)C)=C1C1(CP)C2CC3CC(C2)CC1C3)c1ccccc1C. The van der Waals surface area contributed by atoms with E-state index >= 15 is 0 Å². The van der Waals surface area contributed by atoms with Gasteiger partial charge in [-0.05, 0) is 112 Å². The summed E-state index contributed by atoms with van der Waals surface area (Å²) in [6, 6.07) is 18.7. The first-order chi connectivity index (χ1) is 19.3. The summed E-state index contributed by atoms with van der Waals surface area (Å²) < 4.78 is 0. The minimum Gasteiger partial charge on any atom is -0.137 e. The molecule has 0 aliphatic heterocycles. The van der Waals surface area contributed by atoms with Crippen LogP contribution >= 0.6 is 17.2 Å². The predicted molar refractivity (Wildman–Crippen MR) is 193 cm³/mol. The summed E-state index contributed by atoms with van der Waals surface area (Å²) >= 11 is 0. The Morgan fingerprint density at radius 1 is 0.732 bits per heavy atom. The van der Waals surface area contributed by atoms with Gasteiger partial charge in [-0.2, -0.15) is 0 Å². The van der Waals surface area contributed by atoms with Gasteiger partial charge in [0.25, 0.3) is 0 Å². The molecule has 5 aliphatic carbocycles. The van der Waals surface area contributed by atoms with Crippen LogP contribution < -0.4 is 10.6 Å². The zero-order chi connectivity index (χ0) is 29.3. The Labute approximate surface area is 257 Å². The van der Waals surface area contributed by atoms with E-state index in [1.165, 1.54) is 55.6 Å². The van der Waals surface area contributed by atoms with Crippen LogP contribution in [-0.2, 0) is 0 Å². The van der Waals surface area contributed by atoms with Gasteiger partial charge in [-0.25, -0.2) is 0 Å². The van der Waals surface area contributed by atoms with E-state index in [2.05, 4.69) is 117 Å². The highest BCUT2D eigenvalue weighted by Gasteiger charge is 2.60. The van der Waals surface area contributed by atoms with E-state index in [0.29, 0.717) is 11.3 Å². The van der Waals surface area contributed by atoms with Crippen molar-refractivity contribution in [3.05, 3.63) is 81.7 Å². The quantitative estimate of drug-likeness (QED) is 0.205. The summed E-state index contributed by atoms with van der Waals surface area (Å²) in [5.74, 6) is 4.41. The minimum absolute atomic E-state index is 0.398. The number of benzene rings is 2. The molecule has 4 heteroatoms. The fourth-order valence-corrected chi connectivity index (χ4v) is 19.7. The van der Waals surface area contributed by atoms with Crippen LogP contribution in [0.25, 0.3) is 0 Å². The summed E-state index contributed by atoms with van der Waals surface area (Å²) in [5.41, 5.74) is 5.34. The summed E-state index contributed by atoms with van der Waals surface area (Å²) in [6.45, 7) is 20.6. The first kappa shape index (κ1) is 30.2. The van der Waals surface area contributed by atoms with Crippen molar-refractivity contribution in [1.29, 1.82) is 0 Å². The lowest BCUT2D eigenvalue weighted by Gasteiger charge is -2.63. The first-order valence-corrected chi connectivity index (χ1v) is 25.8. The summed E-state index contributed by atoms with van der Waals surface area (Å²) in [4.78, 5) is 0. The van der Waals surface area contributed by atoms with Gasteiger partial charge in [-0.15, -0.1) is 9.24 Å². The molecule has 4 bridgehead atoms. The Morgan fingerprint density at radius 2 is 1.22 bits per heavy atom. The highest BCUT2D eigenvalue weighted by Crippen LogP contribution is 2.68. The molecular weight excluding hydrogens is 563 g/mol. The fourth-order valence-electron chi connectivity index (χ4n) is 10.0. The number of allylic oxidation sites excluding steroid dienone is 4. The molecule has 0 N–H and O–H groups in total. The van der Waals surface area contributed by atoms with Crippen molar-refractivity contribution >= 4 is 43.9 Å². The maximum Gasteiger partial charge on any atom is 0.0774 e. The molecule has 2 aromatic rings. The van der Waals surface area contributed by atoms with Crippen LogP contribution in [0.2, 0.25) is 39.3 Å². The van der Waals surface area contributed by atoms with Crippen molar-refractivity contribution in [3.63, 3.8) is 0 Å². The van der Waals surface area contributed by atoms with Gasteiger partial charge in [-0.1, -0.05) is 110 Å². The molecule has 0 aromatic heterocycles. The zero-order valence-corrected chi connectivity index (χ0v) is 31.1. The van der Waals surface area contributed by atoms with Crippen molar-refractivity contribution in [3.8, 4) is 0 Å². The predicted octanol–water partition coefficient (Wildman–Crippen LogP) is 9.66. The second-order valence-corrected chi connectivity index (χ2v) is 28.8. The maximum absolute atomic E-state index is 3.36. The lowest BCUT2D eigenvalue weighted by atomic mass is 9.43. The largest absolute Gasteiger partial charge is 0.137 e. The van der Waals surface area contributed by atoms with Crippen molar-refractivity contribution in [2.24, 2.45) is 35.0 Å². The van der Waals surface area contributed by atoms with Crippen molar-refractivity contribution in [1.82, 2.24) is 0 Å². The molecule has 220 valence electrons. The van der Waals surface area contributed by atoms with Crippen LogP contribution in [-0.4, -0.2) is 28.5 Å². The molecule has 2 unspecified atom stereocenters. The lowest BCUT2D eigenvalue weighted by molar-refractivity contribution is -0.0773. The van der Waals surface area contributed by atoms with Gasteiger partial charge in [0.1, 0.15) is 0 Å². The number of hydrogen-bond acceptors (Lipinski definition) is 0. The first-order valence-electron chi connectivity index (χ1n) is 16.4. The molecule has 41 heavy (non-hydrogen) atoms. The molecule has 2 aromatic carbocycles. The molecule has 2 atom stereocenters. The summed E-state index contributed by atoms with van der Waals surface area (Å²) in [5, 5.41) is 7.00. The number of rotatable bonds is 8. The molecule has 0 saturated heterocycles. The van der Waals surface area contributed by atoms with Gasteiger partial charge in [-0.3, -0.25) is 0 Å². The maximum atomic E-state index is 3.36. The average molecular weight is 617 g/mol. The van der Waals surface area contributed by atoms with E-state index in [-0.39, 0.29) is 0 Å². The molecule has 0 heterocycles. The van der Waals surface area contributed by atoms with Crippen LogP contribution in [0, 0.1) is 48.9 Å². The average Bonchev–Trinajstić information content (AvgIpc) is 3.29. The molecule has 4 fully saturated rings. The van der Waals surface area contributed by atoms with Crippen molar-refractivity contribution in [2.75, 3.05) is 12.3 Å². The van der Waals surface area contributed by atoms with E-state index in [1.54, 1.807) is 10.6 Å². The summed E-state index contributed by atoms with van der Waals surface area (Å²) in [7, 11) is -0.208.